The number of hydrogen-bond donors (Lipinski definition) is 2. The number of aliphatic hydroxyl groups excluding tert-OH is 1. The van der Waals surface area contributed by atoms with Crippen LogP contribution in [0.25, 0.3) is 0 Å². The Balaban J connectivity index is 1.64. The van der Waals surface area contributed by atoms with Crippen LogP contribution in [0.4, 0.5) is 4.39 Å². The van der Waals surface area contributed by atoms with Crippen molar-refractivity contribution in [1.29, 1.82) is 0 Å². The molecule has 26 heavy (non-hydrogen) atoms. The number of nitrogens with zero attached hydrogens (tertiary/aromatic N) is 1. The molecule has 1 aliphatic rings. The zero-order valence-electron chi connectivity index (χ0n) is 14.7. The van der Waals surface area contributed by atoms with E-state index >= 15 is 0 Å². The molecule has 1 heterocycles. The van der Waals surface area contributed by atoms with Crippen LogP contribution in [0.15, 0.2) is 48.5 Å². The van der Waals surface area contributed by atoms with Crippen molar-refractivity contribution in [2.24, 2.45) is 5.92 Å². The second-order valence-electron chi connectivity index (χ2n) is 6.55. The Morgan fingerprint density at radius 1 is 1.27 bits per heavy atom. The van der Waals surface area contributed by atoms with Crippen molar-refractivity contribution in [3.63, 3.8) is 0 Å². The first-order chi connectivity index (χ1) is 12.6. The molecule has 138 valence electrons. The molecule has 1 aliphatic heterocycles. The number of amides is 1. The third-order valence-electron chi connectivity index (χ3n) is 4.73. The average Bonchev–Trinajstić information content (AvgIpc) is 3.05. The Labute approximate surface area is 152 Å². The molecule has 0 spiro atoms. The highest BCUT2D eigenvalue weighted by molar-refractivity contribution is 5.94. The van der Waals surface area contributed by atoms with E-state index in [0.717, 1.165) is 5.56 Å². The maximum absolute atomic E-state index is 13.5. The van der Waals surface area contributed by atoms with Gasteiger partial charge in [0.25, 0.3) is 5.91 Å². The van der Waals surface area contributed by atoms with Crippen LogP contribution in [0, 0.1) is 11.7 Å². The number of methoxy groups -OCH3 is 1. The van der Waals surface area contributed by atoms with Gasteiger partial charge < -0.3 is 15.2 Å². The van der Waals surface area contributed by atoms with Crippen molar-refractivity contribution >= 4 is 5.91 Å². The van der Waals surface area contributed by atoms with E-state index in [2.05, 4.69) is 10.2 Å². The molecule has 0 aliphatic carbocycles. The van der Waals surface area contributed by atoms with Crippen LogP contribution in [0.1, 0.15) is 15.9 Å². The van der Waals surface area contributed by atoms with Crippen LogP contribution in [0.5, 0.6) is 5.75 Å². The minimum atomic E-state index is -0.390. The van der Waals surface area contributed by atoms with E-state index in [1.807, 2.05) is 18.2 Å². The van der Waals surface area contributed by atoms with E-state index in [1.54, 1.807) is 24.3 Å². The highest BCUT2D eigenvalue weighted by atomic mass is 19.1. The first-order valence-electron chi connectivity index (χ1n) is 8.62. The van der Waals surface area contributed by atoms with Gasteiger partial charge in [-0.1, -0.05) is 24.3 Å². The molecule has 0 saturated carbocycles. The lowest BCUT2D eigenvalue weighted by Gasteiger charge is -2.18. The lowest BCUT2D eigenvalue weighted by Crippen LogP contribution is -2.41. The number of benzene rings is 2. The first-order valence-corrected chi connectivity index (χ1v) is 8.62. The molecule has 2 N–H and O–H groups in total. The molecule has 1 fully saturated rings. The number of ether oxygens (including phenoxy) is 1. The molecule has 1 saturated heterocycles. The van der Waals surface area contributed by atoms with E-state index in [0.29, 0.717) is 25.2 Å². The molecule has 5 nitrogen and oxygen atoms in total. The summed E-state index contributed by atoms with van der Waals surface area (Å²) in [5, 5.41) is 12.7. The molecule has 2 aromatic rings. The van der Waals surface area contributed by atoms with Crippen molar-refractivity contribution in [1.82, 2.24) is 10.2 Å². The number of likely N-dealkylation sites (tertiary alicyclic amines) is 1. The minimum absolute atomic E-state index is 0.00295. The van der Waals surface area contributed by atoms with E-state index in [9.17, 15) is 14.3 Å². The molecular weight excluding hydrogens is 335 g/mol. The summed E-state index contributed by atoms with van der Waals surface area (Å²) in [6.45, 7) is 1.90. The van der Waals surface area contributed by atoms with Crippen LogP contribution >= 0.6 is 0 Å². The fourth-order valence-corrected chi connectivity index (χ4v) is 3.34. The van der Waals surface area contributed by atoms with Gasteiger partial charge in [-0.05, 0) is 29.8 Å². The molecule has 3 rings (SSSR count). The average molecular weight is 358 g/mol. The topological polar surface area (TPSA) is 61.8 Å². The third-order valence-corrected chi connectivity index (χ3v) is 4.73. The van der Waals surface area contributed by atoms with Gasteiger partial charge in [-0.2, -0.15) is 0 Å². The highest BCUT2D eigenvalue weighted by Crippen LogP contribution is 2.23. The number of halogens is 1. The maximum Gasteiger partial charge on any atom is 0.251 e. The van der Waals surface area contributed by atoms with Crippen LogP contribution in [0.2, 0.25) is 0 Å². The SMILES string of the molecule is COc1cc(CN2C[C@@H](CO)[C@H](NC(=O)c3ccccc3)C2)ccc1F. The summed E-state index contributed by atoms with van der Waals surface area (Å²) in [7, 11) is 1.44. The number of hydrogen-bond acceptors (Lipinski definition) is 4. The standard InChI is InChI=1S/C20H23FN2O3/c1-26-19-9-14(7-8-17(19)21)10-23-11-16(13-24)18(12-23)22-20(25)15-5-3-2-4-6-15/h2-9,16,18,24H,10-13H2,1H3,(H,22,25)/t16-,18+/m0/s1. The summed E-state index contributed by atoms with van der Waals surface area (Å²) in [5.74, 6) is -0.349. The molecule has 2 aromatic carbocycles. The van der Waals surface area contributed by atoms with E-state index < -0.39 is 0 Å². The van der Waals surface area contributed by atoms with Crippen molar-refractivity contribution in [2.45, 2.75) is 12.6 Å². The second-order valence-corrected chi connectivity index (χ2v) is 6.55. The third kappa shape index (κ3) is 4.20. The van der Waals surface area contributed by atoms with Crippen LogP contribution < -0.4 is 10.1 Å². The fraction of sp³-hybridized carbons (Fsp3) is 0.350. The van der Waals surface area contributed by atoms with Gasteiger partial charge in [0.2, 0.25) is 0 Å². The number of rotatable bonds is 6. The van der Waals surface area contributed by atoms with Crippen LogP contribution in [-0.2, 0) is 6.54 Å². The fourth-order valence-electron chi connectivity index (χ4n) is 3.34. The smallest absolute Gasteiger partial charge is 0.251 e. The molecule has 0 unspecified atom stereocenters. The lowest BCUT2D eigenvalue weighted by molar-refractivity contribution is 0.0921. The van der Waals surface area contributed by atoms with Gasteiger partial charge in [0.1, 0.15) is 0 Å². The second kappa shape index (κ2) is 8.29. The van der Waals surface area contributed by atoms with E-state index in [1.165, 1.54) is 13.2 Å². The monoisotopic (exact) mass is 358 g/mol. The van der Waals surface area contributed by atoms with Gasteiger partial charge in [-0.3, -0.25) is 9.69 Å². The van der Waals surface area contributed by atoms with Crippen LogP contribution in [-0.4, -0.2) is 48.8 Å². The predicted molar refractivity (Wildman–Crippen MR) is 96.5 cm³/mol. The Hall–Kier alpha value is -2.44. The zero-order chi connectivity index (χ0) is 18.5. The van der Waals surface area contributed by atoms with Crippen molar-refractivity contribution < 1.29 is 19.0 Å². The molecule has 1 amide bonds. The van der Waals surface area contributed by atoms with Gasteiger partial charge in [-0.25, -0.2) is 4.39 Å². The summed E-state index contributed by atoms with van der Waals surface area (Å²) in [4.78, 5) is 14.5. The first kappa shape index (κ1) is 18.4. The Kier molecular flexibility index (Phi) is 5.85. The summed E-state index contributed by atoms with van der Waals surface area (Å²) in [6, 6.07) is 13.7. The largest absolute Gasteiger partial charge is 0.494 e. The quantitative estimate of drug-likeness (QED) is 0.830. The number of carbonyl (C=O) groups is 1. The number of nitrogens with one attached hydrogen (secondary N) is 1. The van der Waals surface area contributed by atoms with E-state index in [4.69, 9.17) is 4.74 Å². The molecular formula is C20H23FN2O3. The van der Waals surface area contributed by atoms with Crippen molar-refractivity contribution in [2.75, 3.05) is 26.8 Å². The van der Waals surface area contributed by atoms with E-state index in [-0.39, 0.29) is 36.0 Å². The minimum Gasteiger partial charge on any atom is -0.494 e. The predicted octanol–water partition coefficient (Wildman–Crippen LogP) is 2.06. The summed E-state index contributed by atoms with van der Waals surface area (Å²) >= 11 is 0. The zero-order valence-corrected chi connectivity index (χ0v) is 14.7. The Morgan fingerprint density at radius 3 is 2.73 bits per heavy atom. The van der Waals surface area contributed by atoms with Gasteiger partial charge >= 0.3 is 0 Å². The number of carbonyl (C=O) groups excluding carboxylic acids is 1. The Morgan fingerprint density at radius 2 is 2.04 bits per heavy atom. The normalized spacial score (nSPS) is 20.1. The van der Waals surface area contributed by atoms with Crippen molar-refractivity contribution in [3.8, 4) is 5.75 Å². The Bertz CT molecular complexity index is 754. The highest BCUT2D eigenvalue weighted by Gasteiger charge is 2.33. The van der Waals surface area contributed by atoms with Crippen LogP contribution in [0.3, 0.4) is 0 Å². The maximum atomic E-state index is 13.5. The summed E-state index contributed by atoms with van der Waals surface area (Å²) < 4.78 is 18.6. The molecule has 6 heteroatoms. The van der Waals surface area contributed by atoms with Crippen molar-refractivity contribution in [3.05, 3.63) is 65.5 Å². The lowest BCUT2D eigenvalue weighted by atomic mass is 10.0. The van der Waals surface area contributed by atoms with Gasteiger partial charge in [-0.15, -0.1) is 0 Å². The number of aliphatic hydroxyl groups is 1. The molecule has 2 atom stereocenters. The molecule has 0 aromatic heterocycles. The summed E-state index contributed by atoms with van der Waals surface area (Å²) in [5.41, 5.74) is 1.53. The van der Waals surface area contributed by atoms with Gasteiger partial charge in [0.05, 0.1) is 7.11 Å². The molecule has 0 radical (unpaired) electrons. The van der Waals surface area contributed by atoms with Gasteiger partial charge in [0, 0.05) is 43.8 Å². The van der Waals surface area contributed by atoms with Gasteiger partial charge in [0.15, 0.2) is 11.6 Å². The summed E-state index contributed by atoms with van der Waals surface area (Å²) in [6.07, 6.45) is 0. The molecule has 0 bridgehead atoms.